The number of benzene rings is 2. The van der Waals surface area contributed by atoms with Crippen LogP contribution in [-0.2, 0) is 11.3 Å². The lowest BCUT2D eigenvalue weighted by Gasteiger charge is -2.17. The third-order valence-corrected chi connectivity index (χ3v) is 4.83. The van der Waals surface area contributed by atoms with Crippen LogP contribution in [0.5, 0.6) is 0 Å². The molecule has 1 N–H and O–H groups in total. The van der Waals surface area contributed by atoms with E-state index < -0.39 is 0 Å². The van der Waals surface area contributed by atoms with Crippen molar-refractivity contribution in [3.63, 3.8) is 0 Å². The van der Waals surface area contributed by atoms with Crippen LogP contribution in [0, 0.1) is 3.57 Å². The molecule has 0 unspecified atom stereocenters. The van der Waals surface area contributed by atoms with Crippen molar-refractivity contribution in [2.24, 2.45) is 0 Å². The number of rotatable bonds is 5. The van der Waals surface area contributed by atoms with Gasteiger partial charge in [-0.2, -0.15) is 0 Å². The fourth-order valence-electron chi connectivity index (χ4n) is 2.01. The van der Waals surface area contributed by atoms with Crippen molar-refractivity contribution in [2.45, 2.75) is 6.54 Å². The van der Waals surface area contributed by atoms with Crippen molar-refractivity contribution < 1.29 is 4.79 Å². The average molecular weight is 449 g/mol. The Hall–Kier alpha value is -0.820. The summed E-state index contributed by atoms with van der Waals surface area (Å²) in [5, 5.41) is 3.97. The molecule has 3 nitrogen and oxygen atoms in total. The van der Waals surface area contributed by atoms with Gasteiger partial charge in [-0.1, -0.05) is 47.5 Å². The van der Waals surface area contributed by atoms with Gasteiger partial charge in [-0.3, -0.25) is 9.69 Å². The molecule has 2 rings (SSSR count). The largest absolute Gasteiger partial charge is 0.324 e. The number of nitrogens with one attached hydrogen (secondary N) is 1. The molecule has 0 radical (unpaired) electrons. The minimum absolute atomic E-state index is 0.0650. The van der Waals surface area contributed by atoms with Gasteiger partial charge >= 0.3 is 0 Å². The Bertz CT molecular complexity index is 679. The van der Waals surface area contributed by atoms with Crippen molar-refractivity contribution in [1.82, 2.24) is 4.90 Å². The molecule has 0 spiro atoms. The minimum atomic E-state index is -0.0650. The molecular weight excluding hydrogens is 434 g/mol. The van der Waals surface area contributed by atoms with Crippen LogP contribution in [0.25, 0.3) is 0 Å². The second kappa shape index (κ2) is 8.15. The molecule has 6 heteroatoms. The van der Waals surface area contributed by atoms with E-state index >= 15 is 0 Å². The number of amides is 1. The molecule has 0 aliphatic heterocycles. The number of hydrogen-bond donors (Lipinski definition) is 1. The van der Waals surface area contributed by atoms with Crippen LogP contribution in [0.15, 0.2) is 42.5 Å². The average Bonchev–Trinajstić information content (AvgIpc) is 2.46. The molecule has 22 heavy (non-hydrogen) atoms. The normalized spacial score (nSPS) is 10.8. The van der Waals surface area contributed by atoms with Crippen LogP contribution in [-0.4, -0.2) is 24.4 Å². The Morgan fingerprint density at radius 1 is 1.18 bits per heavy atom. The fourth-order valence-corrected chi connectivity index (χ4v) is 2.92. The Labute approximate surface area is 153 Å². The van der Waals surface area contributed by atoms with Gasteiger partial charge in [0, 0.05) is 10.1 Å². The summed E-state index contributed by atoms with van der Waals surface area (Å²) in [5.41, 5.74) is 1.72. The van der Waals surface area contributed by atoms with E-state index in [-0.39, 0.29) is 12.5 Å². The van der Waals surface area contributed by atoms with Gasteiger partial charge < -0.3 is 5.32 Å². The zero-order valence-electron chi connectivity index (χ0n) is 11.9. The lowest BCUT2D eigenvalue weighted by Crippen LogP contribution is -2.30. The quantitative estimate of drug-likeness (QED) is 0.674. The van der Waals surface area contributed by atoms with E-state index in [0.717, 1.165) is 14.8 Å². The van der Waals surface area contributed by atoms with Gasteiger partial charge in [0.2, 0.25) is 5.91 Å². The summed E-state index contributed by atoms with van der Waals surface area (Å²) < 4.78 is 1.01. The monoisotopic (exact) mass is 448 g/mol. The number of nitrogens with zero attached hydrogens (tertiary/aromatic N) is 1. The van der Waals surface area contributed by atoms with Crippen LogP contribution in [0.1, 0.15) is 5.56 Å². The molecule has 2 aromatic carbocycles. The van der Waals surface area contributed by atoms with E-state index in [1.165, 1.54) is 0 Å². The van der Waals surface area contributed by atoms with Gasteiger partial charge in [-0.15, -0.1) is 0 Å². The molecule has 0 aromatic heterocycles. The smallest absolute Gasteiger partial charge is 0.238 e. The van der Waals surface area contributed by atoms with Gasteiger partial charge in [0.1, 0.15) is 0 Å². The number of anilines is 1. The van der Waals surface area contributed by atoms with E-state index in [2.05, 4.69) is 27.9 Å². The van der Waals surface area contributed by atoms with Crippen molar-refractivity contribution in [1.29, 1.82) is 0 Å². The van der Waals surface area contributed by atoms with Crippen LogP contribution < -0.4 is 5.32 Å². The second-order valence-corrected chi connectivity index (χ2v) is 6.86. The number of likely N-dealkylation sites (N-methyl/N-ethyl adjacent to an activating group) is 1. The maximum Gasteiger partial charge on any atom is 0.238 e. The first-order valence-electron chi connectivity index (χ1n) is 6.63. The van der Waals surface area contributed by atoms with Crippen molar-refractivity contribution in [2.75, 3.05) is 18.9 Å². The predicted octanol–water partition coefficient (Wildman–Crippen LogP) is 4.67. The van der Waals surface area contributed by atoms with Crippen molar-refractivity contribution in [3.05, 3.63) is 61.6 Å². The third kappa shape index (κ3) is 4.84. The molecule has 0 bridgehead atoms. The topological polar surface area (TPSA) is 32.3 Å². The van der Waals surface area contributed by atoms with E-state index in [1.54, 1.807) is 6.07 Å². The lowest BCUT2D eigenvalue weighted by molar-refractivity contribution is -0.117. The van der Waals surface area contributed by atoms with E-state index in [0.29, 0.717) is 16.6 Å². The molecule has 0 saturated heterocycles. The summed E-state index contributed by atoms with van der Waals surface area (Å²) in [5.74, 6) is -0.0650. The van der Waals surface area contributed by atoms with Gasteiger partial charge in [0.15, 0.2) is 0 Å². The van der Waals surface area contributed by atoms with E-state index in [1.807, 2.05) is 48.3 Å². The van der Waals surface area contributed by atoms with E-state index in [4.69, 9.17) is 23.2 Å². The summed E-state index contributed by atoms with van der Waals surface area (Å²) in [7, 11) is 1.87. The van der Waals surface area contributed by atoms with E-state index in [9.17, 15) is 4.79 Å². The summed E-state index contributed by atoms with van der Waals surface area (Å²) in [6.07, 6.45) is 0. The summed E-state index contributed by atoms with van der Waals surface area (Å²) in [4.78, 5) is 14.0. The predicted molar refractivity (Wildman–Crippen MR) is 101 cm³/mol. The zero-order chi connectivity index (χ0) is 16.1. The highest BCUT2D eigenvalue weighted by Gasteiger charge is 2.11. The first kappa shape index (κ1) is 17.5. The van der Waals surface area contributed by atoms with Gasteiger partial charge in [-0.05, 0) is 53.4 Å². The minimum Gasteiger partial charge on any atom is -0.324 e. The third-order valence-electron chi connectivity index (χ3n) is 3.03. The van der Waals surface area contributed by atoms with Crippen LogP contribution in [0.2, 0.25) is 10.0 Å². The van der Waals surface area contributed by atoms with Gasteiger partial charge in [0.05, 0.1) is 22.3 Å². The highest BCUT2D eigenvalue weighted by Crippen LogP contribution is 2.26. The maximum absolute atomic E-state index is 12.1. The Balaban J connectivity index is 1.94. The second-order valence-electron chi connectivity index (χ2n) is 4.91. The molecule has 0 aliphatic rings. The molecule has 0 saturated carbocycles. The number of carbonyl (C=O) groups is 1. The molecule has 1 amide bonds. The summed E-state index contributed by atoms with van der Waals surface area (Å²) >= 11 is 14.4. The van der Waals surface area contributed by atoms with Gasteiger partial charge in [0.25, 0.3) is 0 Å². The molecule has 0 aliphatic carbocycles. The SMILES string of the molecule is CN(CC(=O)Nc1ccccc1I)Cc1cccc(Cl)c1Cl. The zero-order valence-corrected chi connectivity index (χ0v) is 15.6. The maximum atomic E-state index is 12.1. The highest BCUT2D eigenvalue weighted by molar-refractivity contribution is 14.1. The number of halogens is 3. The summed E-state index contributed by atoms with van der Waals surface area (Å²) in [6.45, 7) is 0.826. The van der Waals surface area contributed by atoms with Crippen LogP contribution in [0.4, 0.5) is 5.69 Å². The number of hydrogen-bond acceptors (Lipinski definition) is 2. The standard InChI is InChI=1S/C16H15Cl2IN2O/c1-21(9-11-5-4-6-12(17)16(11)18)10-15(22)20-14-8-3-2-7-13(14)19/h2-8H,9-10H2,1H3,(H,20,22). The van der Waals surface area contributed by atoms with Crippen LogP contribution in [0.3, 0.4) is 0 Å². The summed E-state index contributed by atoms with van der Waals surface area (Å²) in [6, 6.07) is 13.2. The molecular formula is C16H15Cl2IN2O. The first-order chi connectivity index (χ1) is 10.5. The van der Waals surface area contributed by atoms with Crippen LogP contribution >= 0.6 is 45.8 Å². The Morgan fingerprint density at radius 2 is 1.91 bits per heavy atom. The lowest BCUT2D eigenvalue weighted by atomic mass is 10.2. The molecule has 116 valence electrons. The fraction of sp³-hybridized carbons (Fsp3) is 0.188. The molecule has 2 aromatic rings. The van der Waals surface area contributed by atoms with Crippen molar-refractivity contribution in [3.8, 4) is 0 Å². The highest BCUT2D eigenvalue weighted by atomic mass is 127. The molecule has 0 fully saturated rings. The number of para-hydroxylation sites is 1. The van der Waals surface area contributed by atoms with Crippen molar-refractivity contribution >= 4 is 57.4 Å². The number of carbonyl (C=O) groups excluding carboxylic acids is 1. The Morgan fingerprint density at radius 3 is 2.64 bits per heavy atom. The Kier molecular flexibility index (Phi) is 6.50. The first-order valence-corrected chi connectivity index (χ1v) is 8.46. The molecule has 0 heterocycles. The molecule has 0 atom stereocenters. The van der Waals surface area contributed by atoms with Gasteiger partial charge in [-0.25, -0.2) is 0 Å².